The molecule has 1 amide bonds. The zero-order chi connectivity index (χ0) is 18.1. The Balaban J connectivity index is 1.57. The first-order valence-corrected chi connectivity index (χ1v) is 10.1. The maximum Gasteiger partial charge on any atom is 0.258 e. The second kappa shape index (κ2) is 7.52. The number of rotatable bonds is 3. The van der Waals surface area contributed by atoms with E-state index in [4.69, 9.17) is 16.3 Å². The highest BCUT2D eigenvalue weighted by Gasteiger charge is 2.15. The van der Waals surface area contributed by atoms with Gasteiger partial charge in [-0.2, -0.15) is 0 Å². The largest absolute Gasteiger partial charge is 0.378 e. The van der Waals surface area contributed by atoms with E-state index in [0.717, 1.165) is 46.7 Å². The van der Waals surface area contributed by atoms with Crippen LogP contribution >= 0.6 is 38.9 Å². The van der Waals surface area contributed by atoms with Gasteiger partial charge in [-0.15, -0.1) is 0 Å². The molecule has 26 heavy (non-hydrogen) atoms. The van der Waals surface area contributed by atoms with Crippen LogP contribution in [0.25, 0.3) is 10.2 Å². The number of halogens is 2. The number of thiazole rings is 1. The van der Waals surface area contributed by atoms with Crippen molar-refractivity contribution in [3.8, 4) is 0 Å². The van der Waals surface area contributed by atoms with E-state index >= 15 is 0 Å². The van der Waals surface area contributed by atoms with Crippen LogP contribution < -0.4 is 10.2 Å². The van der Waals surface area contributed by atoms with Crippen molar-refractivity contribution in [1.82, 2.24) is 4.98 Å². The van der Waals surface area contributed by atoms with Gasteiger partial charge in [-0.25, -0.2) is 4.98 Å². The van der Waals surface area contributed by atoms with E-state index in [1.165, 1.54) is 11.3 Å². The van der Waals surface area contributed by atoms with Crippen LogP contribution in [-0.4, -0.2) is 37.2 Å². The van der Waals surface area contributed by atoms with Crippen molar-refractivity contribution in [1.29, 1.82) is 0 Å². The van der Waals surface area contributed by atoms with Gasteiger partial charge in [-0.1, -0.05) is 38.9 Å². The summed E-state index contributed by atoms with van der Waals surface area (Å²) in [5.74, 6) is -0.274. The first-order valence-electron chi connectivity index (χ1n) is 8.10. The summed E-state index contributed by atoms with van der Waals surface area (Å²) in [4.78, 5) is 19.3. The number of anilines is 2. The molecule has 0 unspecified atom stereocenters. The summed E-state index contributed by atoms with van der Waals surface area (Å²) >= 11 is 10.9. The van der Waals surface area contributed by atoms with Gasteiger partial charge in [0.05, 0.1) is 34.0 Å². The number of amides is 1. The van der Waals surface area contributed by atoms with E-state index in [9.17, 15) is 4.79 Å². The molecule has 0 atom stereocenters. The maximum absolute atomic E-state index is 12.5. The van der Waals surface area contributed by atoms with Crippen molar-refractivity contribution in [3.63, 3.8) is 0 Å². The molecule has 1 N–H and O–H groups in total. The topological polar surface area (TPSA) is 54.5 Å². The Morgan fingerprint density at radius 3 is 2.85 bits per heavy atom. The molecule has 0 radical (unpaired) electrons. The summed E-state index contributed by atoms with van der Waals surface area (Å²) in [5.41, 5.74) is 2.43. The SMILES string of the molecule is O=C(Nc1nc2ccc(N3CCOCC3)cc2s1)c1cc(Br)ccc1Cl. The summed E-state index contributed by atoms with van der Waals surface area (Å²) in [5, 5.41) is 3.80. The molecule has 1 saturated heterocycles. The van der Waals surface area contributed by atoms with Gasteiger partial charge in [0.15, 0.2) is 5.13 Å². The van der Waals surface area contributed by atoms with Gasteiger partial charge in [-0.05, 0) is 36.4 Å². The minimum absolute atomic E-state index is 0.274. The number of carbonyl (C=O) groups excluding carboxylic acids is 1. The van der Waals surface area contributed by atoms with Crippen LogP contribution in [0.15, 0.2) is 40.9 Å². The van der Waals surface area contributed by atoms with Crippen LogP contribution in [0, 0.1) is 0 Å². The number of nitrogens with one attached hydrogen (secondary N) is 1. The standard InChI is InChI=1S/C18H15BrClN3O2S/c19-11-1-3-14(20)13(9-11)17(24)22-18-21-15-4-2-12(10-16(15)26-18)23-5-7-25-8-6-23/h1-4,9-10H,5-8H2,(H,21,22,24). The Labute approximate surface area is 168 Å². The van der Waals surface area contributed by atoms with Gasteiger partial charge < -0.3 is 9.64 Å². The van der Waals surface area contributed by atoms with Crippen molar-refractivity contribution in [2.45, 2.75) is 0 Å². The monoisotopic (exact) mass is 451 g/mol. The summed E-state index contributed by atoms with van der Waals surface area (Å²) in [6.07, 6.45) is 0. The zero-order valence-corrected chi connectivity index (χ0v) is 16.8. The quantitative estimate of drug-likeness (QED) is 0.620. The van der Waals surface area contributed by atoms with Crippen LogP contribution in [0.5, 0.6) is 0 Å². The van der Waals surface area contributed by atoms with Gasteiger partial charge in [-0.3, -0.25) is 10.1 Å². The van der Waals surface area contributed by atoms with Crippen LogP contribution in [-0.2, 0) is 4.74 Å². The average molecular weight is 453 g/mol. The Morgan fingerprint density at radius 2 is 2.04 bits per heavy atom. The van der Waals surface area contributed by atoms with E-state index in [0.29, 0.717) is 15.7 Å². The number of nitrogens with zero attached hydrogens (tertiary/aromatic N) is 2. The molecule has 134 valence electrons. The fourth-order valence-corrected chi connectivity index (χ4v) is 4.28. The molecule has 3 aromatic rings. The smallest absolute Gasteiger partial charge is 0.258 e. The lowest BCUT2D eigenvalue weighted by atomic mass is 10.2. The molecule has 1 aliphatic heterocycles. The number of benzene rings is 2. The molecule has 0 aliphatic carbocycles. The lowest BCUT2D eigenvalue weighted by Gasteiger charge is -2.28. The number of hydrogen-bond acceptors (Lipinski definition) is 5. The third-order valence-corrected chi connectivity index (χ3v) is 5.90. The summed E-state index contributed by atoms with van der Waals surface area (Å²) in [7, 11) is 0. The van der Waals surface area contributed by atoms with Crippen molar-refractivity contribution >= 4 is 65.8 Å². The first kappa shape index (κ1) is 17.7. The molecular formula is C18H15BrClN3O2S. The fourth-order valence-electron chi connectivity index (χ4n) is 2.82. The summed E-state index contributed by atoms with van der Waals surface area (Å²) < 4.78 is 7.23. The van der Waals surface area contributed by atoms with Gasteiger partial charge in [0.1, 0.15) is 0 Å². The van der Waals surface area contributed by atoms with Gasteiger partial charge in [0.25, 0.3) is 5.91 Å². The highest BCUT2D eigenvalue weighted by Crippen LogP contribution is 2.31. The van der Waals surface area contributed by atoms with Crippen molar-refractivity contribution in [3.05, 3.63) is 51.5 Å². The number of morpholine rings is 1. The number of carbonyl (C=O) groups is 1. The van der Waals surface area contributed by atoms with E-state index < -0.39 is 0 Å². The third-order valence-electron chi connectivity index (χ3n) is 4.14. The Bertz CT molecular complexity index is 972. The molecule has 1 fully saturated rings. The van der Waals surface area contributed by atoms with E-state index in [1.807, 2.05) is 6.07 Å². The third kappa shape index (κ3) is 3.71. The van der Waals surface area contributed by atoms with Crippen molar-refractivity contribution < 1.29 is 9.53 Å². The molecular weight excluding hydrogens is 438 g/mol. The molecule has 1 aromatic heterocycles. The second-order valence-electron chi connectivity index (χ2n) is 5.85. The molecule has 1 aliphatic rings. The second-order valence-corrected chi connectivity index (χ2v) is 8.20. The Hall–Kier alpha value is -1.67. The maximum atomic E-state index is 12.5. The number of aromatic nitrogens is 1. The predicted octanol–water partition coefficient (Wildman–Crippen LogP) is 4.80. The summed E-state index contributed by atoms with van der Waals surface area (Å²) in [6.45, 7) is 3.26. The normalized spacial score (nSPS) is 14.6. The highest BCUT2D eigenvalue weighted by molar-refractivity contribution is 9.10. The molecule has 0 spiro atoms. The predicted molar refractivity (Wildman–Crippen MR) is 110 cm³/mol. The molecule has 8 heteroatoms. The zero-order valence-electron chi connectivity index (χ0n) is 13.7. The van der Waals surface area contributed by atoms with E-state index in [-0.39, 0.29) is 5.91 Å². The molecule has 2 heterocycles. The lowest BCUT2D eigenvalue weighted by Crippen LogP contribution is -2.36. The number of ether oxygens (including phenoxy) is 1. The van der Waals surface area contributed by atoms with Crippen LogP contribution in [0.1, 0.15) is 10.4 Å². The van der Waals surface area contributed by atoms with Gasteiger partial charge in [0, 0.05) is 23.2 Å². The van der Waals surface area contributed by atoms with Crippen molar-refractivity contribution in [2.24, 2.45) is 0 Å². The van der Waals surface area contributed by atoms with Crippen LogP contribution in [0.2, 0.25) is 5.02 Å². The first-order chi connectivity index (χ1) is 12.6. The van der Waals surface area contributed by atoms with Gasteiger partial charge in [0.2, 0.25) is 0 Å². The Kier molecular flexibility index (Phi) is 5.13. The lowest BCUT2D eigenvalue weighted by molar-refractivity contribution is 0.102. The van der Waals surface area contributed by atoms with Gasteiger partial charge >= 0.3 is 0 Å². The van der Waals surface area contributed by atoms with E-state index in [1.54, 1.807) is 18.2 Å². The molecule has 0 saturated carbocycles. The Morgan fingerprint density at radius 1 is 1.23 bits per heavy atom. The minimum atomic E-state index is -0.274. The number of hydrogen-bond donors (Lipinski definition) is 1. The molecule has 5 nitrogen and oxygen atoms in total. The van der Waals surface area contributed by atoms with E-state index in [2.05, 4.69) is 43.3 Å². The summed E-state index contributed by atoms with van der Waals surface area (Å²) in [6, 6.07) is 11.3. The van der Waals surface area contributed by atoms with Crippen molar-refractivity contribution in [2.75, 3.05) is 36.5 Å². The fraction of sp³-hybridized carbons (Fsp3) is 0.222. The molecule has 2 aromatic carbocycles. The molecule has 0 bridgehead atoms. The molecule has 4 rings (SSSR count). The number of fused-ring (bicyclic) bond motifs is 1. The van der Waals surface area contributed by atoms with Crippen LogP contribution in [0.4, 0.5) is 10.8 Å². The average Bonchev–Trinajstić information content (AvgIpc) is 3.05. The highest BCUT2D eigenvalue weighted by atomic mass is 79.9. The minimum Gasteiger partial charge on any atom is -0.378 e. The van der Waals surface area contributed by atoms with Crippen LogP contribution in [0.3, 0.4) is 0 Å².